The molecule has 0 bridgehead atoms. The fourth-order valence-electron chi connectivity index (χ4n) is 7.49. The van der Waals surface area contributed by atoms with Crippen molar-refractivity contribution in [2.45, 2.75) is 70.2 Å². The number of hydrogen-bond acceptors (Lipinski definition) is 8. The molecule has 0 radical (unpaired) electrons. The zero-order valence-corrected chi connectivity index (χ0v) is 32.6. The Labute approximate surface area is 331 Å². The lowest BCUT2D eigenvalue weighted by atomic mass is 10.0. The molecule has 5 aromatic rings. The van der Waals surface area contributed by atoms with E-state index >= 15 is 0 Å². The standard InChI is InChI=1S/C43H48N8O6/c1-43(2,3)57-41(54)46-26-36(52)50-22-8-12-34(50)38-44-24-32(47-38)29-18-14-27(15-19-29)28-16-20-30(21-17-28)33-25-45-39(48-33)35-13-9-23-51(35)40(53)37(49-42(55)56-4)31-10-6-5-7-11-31/h5-7,10-11,14-21,24-25,34-35,37H,8-9,12-13,22-23,26H2,1-4H3,(H,44,47)(H,45,48)(H,46,54)(H,49,55)/t34-,35-,37+/m0/s1. The number of rotatable bonds is 10. The number of carbonyl (C=O) groups excluding carboxylic acids is 4. The van der Waals surface area contributed by atoms with Crippen molar-refractivity contribution >= 4 is 24.0 Å². The minimum Gasteiger partial charge on any atom is -0.453 e. The summed E-state index contributed by atoms with van der Waals surface area (Å²) >= 11 is 0. The quantitative estimate of drug-likeness (QED) is 0.117. The minimum absolute atomic E-state index is 0.138. The van der Waals surface area contributed by atoms with Gasteiger partial charge in [-0.1, -0.05) is 78.9 Å². The number of imidazole rings is 2. The molecule has 2 aliphatic heterocycles. The van der Waals surface area contributed by atoms with Crippen LogP contribution in [0.2, 0.25) is 0 Å². The maximum atomic E-state index is 13.9. The Morgan fingerprint density at radius 1 is 0.737 bits per heavy atom. The molecular formula is C43H48N8O6. The van der Waals surface area contributed by atoms with Crippen LogP contribution in [0.15, 0.2) is 91.3 Å². The highest BCUT2D eigenvalue weighted by Gasteiger charge is 2.37. The van der Waals surface area contributed by atoms with Crippen LogP contribution in [0, 0.1) is 0 Å². The average molecular weight is 773 g/mol. The van der Waals surface area contributed by atoms with Crippen molar-refractivity contribution in [3.05, 3.63) is 108 Å². The van der Waals surface area contributed by atoms with Crippen molar-refractivity contribution in [3.63, 3.8) is 0 Å². The van der Waals surface area contributed by atoms with Crippen LogP contribution in [-0.4, -0.2) is 86.1 Å². The molecule has 0 saturated carbocycles. The van der Waals surface area contributed by atoms with Gasteiger partial charge in [0, 0.05) is 13.1 Å². The summed E-state index contributed by atoms with van der Waals surface area (Å²) in [7, 11) is 1.28. The van der Waals surface area contributed by atoms with Crippen molar-refractivity contribution in [3.8, 4) is 33.6 Å². The van der Waals surface area contributed by atoms with Crippen molar-refractivity contribution in [2.24, 2.45) is 0 Å². The van der Waals surface area contributed by atoms with Crippen LogP contribution in [0.3, 0.4) is 0 Å². The van der Waals surface area contributed by atoms with Gasteiger partial charge in [0.05, 0.1) is 43.0 Å². The average Bonchev–Trinajstić information content (AvgIpc) is 4.06. The maximum Gasteiger partial charge on any atom is 0.408 e. The van der Waals surface area contributed by atoms with E-state index in [0.29, 0.717) is 30.3 Å². The number of ether oxygens (including phenoxy) is 2. The van der Waals surface area contributed by atoms with Gasteiger partial charge in [-0.2, -0.15) is 0 Å². The van der Waals surface area contributed by atoms with Crippen LogP contribution >= 0.6 is 0 Å². The Morgan fingerprint density at radius 2 is 1.25 bits per heavy atom. The molecule has 57 heavy (non-hydrogen) atoms. The first-order valence-electron chi connectivity index (χ1n) is 19.2. The summed E-state index contributed by atoms with van der Waals surface area (Å²) < 4.78 is 10.1. The number of benzene rings is 3. The number of nitrogens with one attached hydrogen (secondary N) is 4. The molecule has 3 atom stereocenters. The Balaban J connectivity index is 0.981. The molecule has 2 fully saturated rings. The first kappa shape index (κ1) is 38.8. The summed E-state index contributed by atoms with van der Waals surface area (Å²) in [5.74, 6) is 1.02. The fraction of sp³-hybridized carbons (Fsp3) is 0.349. The Bertz CT molecular complexity index is 2190. The second-order valence-electron chi connectivity index (χ2n) is 15.3. The van der Waals surface area contributed by atoms with Crippen LogP contribution in [0.4, 0.5) is 9.59 Å². The van der Waals surface area contributed by atoms with Gasteiger partial charge in [0.15, 0.2) is 0 Å². The Kier molecular flexibility index (Phi) is 11.4. The lowest BCUT2D eigenvalue weighted by Crippen LogP contribution is -2.42. The first-order valence-corrected chi connectivity index (χ1v) is 19.2. The monoisotopic (exact) mass is 772 g/mol. The molecule has 2 saturated heterocycles. The number of hydrogen-bond donors (Lipinski definition) is 4. The number of carbonyl (C=O) groups is 4. The van der Waals surface area contributed by atoms with Gasteiger partial charge in [-0.25, -0.2) is 19.6 Å². The number of aromatic nitrogens is 4. The summed E-state index contributed by atoms with van der Waals surface area (Å²) in [5, 5.41) is 5.27. The fourth-order valence-corrected chi connectivity index (χ4v) is 7.49. The van der Waals surface area contributed by atoms with Gasteiger partial charge in [-0.15, -0.1) is 0 Å². The van der Waals surface area contributed by atoms with E-state index in [4.69, 9.17) is 14.5 Å². The Hall–Kier alpha value is -6.44. The summed E-state index contributed by atoms with van der Waals surface area (Å²) in [6, 6.07) is 24.3. The molecule has 0 spiro atoms. The van der Waals surface area contributed by atoms with E-state index in [2.05, 4.69) is 49.9 Å². The maximum absolute atomic E-state index is 13.9. The molecule has 3 aromatic carbocycles. The SMILES string of the molecule is COC(=O)N[C@@H](C(=O)N1CCC[C@H]1c1ncc(-c2ccc(-c3ccc(-c4cnc([C@@H]5CCCN5C(=O)CNC(=O)OC(C)(C)C)[nH]4)cc3)cc2)[nH]1)c1ccccc1. The number of H-pyrrole nitrogens is 2. The first-order chi connectivity index (χ1) is 27.5. The number of methoxy groups -OCH3 is 1. The van der Waals surface area contributed by atoms with E-state index in [0.717, 1.165) is 59.3 Å². The summed E-state index contributed by atoms with van der Waals surface area (Å²) in [4.78, 5) is 70.9. The van der Waals surface area contributed by atoms with E-state index in [1.54, 1.807) is 43.0 Å². The molecule has 14 heteroatoms. The molecule has 2 aliphatic rings. The van der Waals surface area contributed by atoms with Crippen LogP contribution in [0.5, 0.6) is 0 Å². The van der Waals surface area contributed by atoms with Gasteiger partial charge < -0.3 is 39.9 Å². The van der Waals surface area contributed by atoms with E-state index < -0.39 is 23.8 Å². The highest BCUT2D eigenvalue weighted by molar-refractivity contribution is 5.87. The highest BCUT2D eigenvalue weighted by atomic mass is 16.6. The van der Waals surface area contributed by atoms with Crippen LogP contribution < -0.4 is 10.6 Å². The third-order valence-corrected chi connectivity index (χ3v) is 10.3. The second-order valence-corrected chi connectivity index (χ2v) is 15.3. The predicted octanol–water partition coefficient (Wildman–Crippen LogP) is 7.08. The van der Waals surface area contributed by atoms with Gasteiger partial charge in [0.25, 0.3) is 5.91 Å². The van der Waals surface area contributed by atoms with Gasteiger partial charge >= 0.3 is 12.2 Å². The number of likely N-dealkylation sites (tertiary alicyclic amines) is 2. The zero-order chi connectivity index (χ0) is 40.1. The Morgan fingerprint density at radius 3 is 1.77 bits per heavy atom. The molecule has 4 N–H and O–H groups in total. The molecule has 4 heterocycles. The van der Waals surface area contributed by atoms with Crippen molar-refractivity contribution in [1.82, 2.24) is 40.4 Å². The smallest absolute Gasteiger partial charge is 0.408 e. The minimum atomic E-state index is -0.880. The van der Waals surface area contributed by atoms with Crippen molar-refractivity contribution in [2.75, 3.05) is 26.7 Å². The topological polar surface area (TPSA) is 175 Å². The third kappa shape index (κ3) is 9.01. The van der Waals surface area contributed by atoms with Crippen molar-refractivity contribution < 1.29 is 28.7 Å². The summed E-state index contributed by atoms with van der Waals surface area (Å²) in [6.45, 7) is 6.34. The third-order valence-electron chi connectivity index (χ3n) is 10.3. The predicted molar refractivity (Wildman–Crippen MR) is 213 cm³/mol. The molecular weight excluding hydrogens is 725 g/mol. The van der Waals surface area contributed by atoms with E-state index in [1.165, 1.54) is 7.11 Å². The highest BCUT2D eigenvalue weighted by Crippen LogP contribution is 2.35. The number of nitrogens with zero attached hydrogens (tertiary/aromatic N) is 4. The summed E-state index contributed by atoms with van der Waals surface area (Å²) in [5.41, 5.74) is 5.76. The van der Waals surface area contributed by atoms with E-state index in [1.807, 2.05) is 54.6 Å². The molecule has 296 valence electrons. The van der Waals surface area contributed by atoms with Crippen LogP contribution in [-0.2, 0) is 19.1 Å². The van der Waals surface area contributed by atoms with Gasteiger partial charge in [-0.3, -0.25) is 9.59 Å². The second kappa shape index (κ2) is 16.7. The van der Waals surface area contributed by atoms with Crippen LogP contribution in [0.1, 0.15) is 81.8 Å². The molecule has 14 nitrogen and oxygen atoms in total. The van der Waals surface area contributed by atoms with Gasteiger partial charge in [0.1, 0.15) is 29.8 Å². The number of aromatic amines is 2. The number of amides is 4. The van der Waals surface area contributed by atoms with Gasteiger partial charge in [0.2, 0.25) is 5.91 Å². The summed E-state index contributed by atoms with van der Waals surface area (Å²) in [6.07, 6.45) is 5.49. The molecule has 4 amide bonds. The molecule has 0 aliphatic carbocycles. The van der Waals surface area contributed by atoms with E-state index in [-0.39, 0.29) is 30.4 Å². The lowest BCUT2D eigenvalue weighted by molar-refractivity contribution is -0.134. The molecule has 0 unspecified atom stereocenters. The normalized spacial score (nSPS) is 17.3. The lowest BCUT2D eigenvalue weighted by Gasteiger charge is -2.28. The molecule has 7 rings (SSSR count). The van der Waals surface area contributed by atoms with E-state index in [9.17, 15) is 19.2 Å². The van der Waals surface area contributed by atoms with Crippen molar-refractivity contribution in [1.29, 1.82) is 0 Å². The largest absolute Gasteiger partial charge is 0.453 e. The number of alkyl carbamates (subject to hydrolysis) is 2. The van der Waals surface area contributed by atoms with Gasteiger partial charge in [-0.05, 0) is 74.3 Å². The zero-order valence-electron chi connectivity index (χ0n) is 32.6. The molecule has 2 aromatic heterocycles. The van der Waals surface area contributed by atoms with Crippen LogP contribution in [0.25, 0.3) is 33.6 Å².